The maximum absolute atomic E-state index is 4.20. The smallest absolute Gasteiger partial charge is 0.0534 e. The SMILES string of the molecule is CC1CCC(NCCn2cccn2)CC1C. The van der Waals surface area contributed by atoms with Gasteiger partial charge in [0, 0.05) is 25.0 Å². The minimum atomic E-state index is 0.724. The summed E-state index contributed by atoms with van der Waals surface area (Å²) in [4.78, 5) is 0. The van der Waals surface area contributed by atoms with Gasteiger partial charge in [-0.15, -0.1) is 0 Å². The summed E-state index contributed by atoms with van der Waals surface area (Å²) < 4.78 is 1.99. The number of nitrogens with one attached hydrogen (secondary N) is 1. The molecule has 0 saturated heterocycles. The zero-order chi connectivity index (χ0) is 11.4. The molecule has 0 radical (unpaired) electrons. The minimum absolute atomic E-state index is 0.724. The van der Waals surface area contributed by atoms with Crippen LogP contribution in [0.4, 0.5) is 0 Å². The molecule has 1 aliphatic carbocycles. The summed E-state index contributed by atoms with van der Waals surface area (Å²) in [5, 5.41) is 7.85. The minimum Gasteiger partial charge on any atom is -0.312 e. The monoisotopic (exact) mass is 221 g/mol. The third-order valence-corrected chi connectivity index (χ3v) is 3.93. The third kappa shape index (κ3) is 3.08. The number of hydrogen-bond donors (Lipinski definition) is 1. The van der Waals surface area contributed by atoms with Crippen molar-refractivity contribution in [2.75, 3.05) is 6.54 Å². The Morgan fingerprint density at radius 2 is 2.19 bits per heavy atom. The van der Waals surface area contributed by atoms with E-state index in [1.807, 2.05) is 23.1 Å². The van der Waals surface area contributed by atoms with Crippen molar-refractivity contribution in [2.24, 2.45) is 11.8 Å². The second-order valence-corrected chi connectivity index (χ2v) is 5.19. The van der Waals surface area contributed by atoms with Crippen LogP contribution in [0.2, 0.25) is 0 Å². The van der Waals surface area contributed by atoms with E-state index in [1.54, 1.807) is 0 Å². The van der Waals surface area contributed by atoms with Crippen molar-refractivity contribution in [3.8, 4) is 0 Å². The molecule has 1 heterocycles. The van der Waals surface area contributed by atoms with E-state index in [0.29, 0.717) is 0 Å². The average Bonchev–Trinajstić information content (AvgIpc) is 2.76. The first-order valence-corrected chi connectivity index (χ1v) is 6.46. The molecule has 16 heavy (non-hydrogen) atoms. The second kappa shape index (κ2) is 5.48. The van der Waals surface area contributed by atoms with Gasteiger partial charge in [-0.1, -0.05) is 13.8 Å². The number of nitrogens with zero attached hydrogens (tertiary/aromatic N) is 2. The Kier molecular flexibility index (Phi) is 3.99. The zero-order valence-corrected chi connectivity index (χ0v) is 10.4. The molecule has 3 nitrogen and oxygen atoms in total. The van der Waals surface area contributed by atoms with Crippen molar-refractivity contribution in [3.05, 3.63) is 18.5 Å². The standard InChI is InChI=1S/C13H23N3/c1-11-4-5-13(10-12(11)2)14-7-9-16-8-3-6-15-16/h3,6,8,11-14H,4-5,7,9-10H2,1-2H3. The molecule has 0 aliphatic heterocycles. The van der Waals surface area contributed by atoms with Crippen LogP contribution in [0.3, 0.4) is 0 Å². The first-order chi connectivity index (χ1) is 7.75. The Morgan fingerprint density at radius 1 is 1.31 bits per heavy atom. The van der Waals surface area contributed by atoms with Gasteiger partial charge in [0.2, 0.25) is 0 Å². The second-order valence-electron chi connectivity index (χ2n) is 5.19. The van der Waals surface area contributed by atoms with Gasteiger partial charge >= 0.3 is 0 Å². The van der Waals surface area contributed by atoms with Gasteiger partial charge in [0.25, 0.3) is 0 Å². The largest absolute Gasteiger partial charge is 0.312 e. The highest BCUT2D eigenvalue weighted by Gasteiger charge is 2.23. The Bertz CT molecular complexity index is 294. The van der Waals surface area contributed by atoms with Crippen LogP contribution in [-0.4, -0.2) is 22.4 Å². The molecule has 3 unspecified atom stereocenters. The van der Waals surface area contributed by atoms with Gasteiger partial charge < -0.3 is 5.32 Å². The normalized spacial score (nSPS) is 30.5. The van der Waals surface area contributed by atoms with Crippen molar-refractivity contribution in [1.82, 2.24) is 15.1 Å². The predicted octanol–water partition coefficient (Wildman–Crippen LogP) is 2.30. The van der Waals surface area contributed by atoms with E-state index in [1.165, 1.54) is 19.3 Å². The van der Waals surface area contributed by atoms with Crippen LogP contribution in [0.25, 0.3) is 0 Å². The Hall–Kier alpha value is -0.830. The molecule has 2 rings (SSSR count). The van der Waals surface area contributed by atoms with Crippen LogP contribution in [0.5, 0.6) is 0 Å². The summed E-state index contributed by atoms with van der Waals surface area (Å²) in [5.41, 5.74) is 0. The highest BCUT2D eigenvalue weighted by molar-refractivity contribution is 4.81. The molecule has 1 aromatic heterocycles. The van der Waals surface area contributed by atoms with Gasteiger partial charge in [0.15, 0.2) is 0 Å². The molecule has 0 spiro atoms. The van der Waals surface area contributed by atoms with Crippen molar-refractivity contribution >= 4 is 0 Å². The van der Waals surface area contributed by atoms with E-state index < -0.39 is 0 Å². The lowest BCUT2D eigenvalue weighted by molar-refractivity contribution is 0.225. The van der Waals surface area contributed by atoms with E-state index >= 15 is 0 Å². The Balaban J connectivity index is 1.67. The van der Waals surface area contributed by atoms with Crippen LogP contribution >= 0.6 is 0 Å². The molecule has 1 N–H and O–H groups in total. The first kappa shape index (κ1) is 11.6. The molecule has 3 heteroatoms. The Morgan fingerprint density at radius 3 is 2.88 bits per heavy atom. The molecule has 0 amide bonds. The predicted molar refractivity (Wildman–Crippen MR) is 66.2 cm³/mol. The maximum Gasteiger partial charge on any atom is 0.0534 e. The van der Waals surface area contributed by atoms with Gasteiger partial charge in [0.05, 0.1) is 6.54 Å². The molecular weight excluding hydrogens is 198 g/mol. The summed E-state index contributed by atoms with van der Waals surface area (Å²) in [7, 11) is 0. The summed E-state index contributed by atoms with van der Waals surface area (Å²) >= 11 is 0. The van der Waals surface area contributed by atoms with Crippen LogP contribution in [-0.2, 0) is 6.54 Å². The van der Waals surface area contributed by atoms with Gasteiger partial charge in [-0.2, -0.15) is 5.10 Å². The fourth-order valence-corrected chi connectivity index (χ4v) is 2.55. The molecule has 1 aromatic rings. The highest BCUT2D eigenvalue weighted by Crippen LogP contribution is 2.29. The number of aromatic nitrogens is 2. The van der Waals surface area contributed by atoms with Crippen LogP contribution in [0, 0.1) is 11.8 Å². The van der Waals surface area contributed by atoms with Crippen molar-refractivity contribution in [3.63, 3.8) is 0 Å². The lowest BCUT2D eigenvalue weighted by atomic mass is 9.79. The molecule has 0 bridgehead atoms. The fraction of sp³-hybridized carbons (Fsp3) is 0.769. The summed E-state index contributed by atoms with van der Waals surface area (Å²) in [6.07, 6.45) is 7.91. The van der Waals surface area contributed by atoms with Gasteiger partial charge in [-0.05, 0) is 37.2 Å². The van der Waals surface area contributed by atoms with Crippen molar-refractivity contribution < 1.29 is 0 Å². The molecular formula is C13H23N3. The molecule has 1 fully saturated rings. The molecule has 90 valence electrons. The van der Waals surface area contributed by atoms with E-state index in [-0.39, 0.29) is 0 Å². The van der Waals surface area contributed by atoms with E-state index in [0.717, 1.165) is 31.0 Å². The average molecular weight is 221 g/mol. The summed E-state index contributed by atoms with van der Waals surface area (Å²) in [6.45, 7) is 6.78. The number of hydrogen-bond acceptors (Lipinski definition) is 2. The third-order valence-electron chi connectivity index (χ3n) is 3.93. The van der Waals surface area contributed by atoms with Crippen LogP contribution in [0.15, 0.2) is 18.5 Å². The van der Waals surface area contributed by atoms with Crippen molar-refractivity contribution in [1.29, 1.82) is 0 Å². The van der Waals surface area contributed by atoms with Gasteiger partial charge in [-0.25, -0.2) is 0 Å². The quantitative estimate of drug-likeness (QED) is 0.845. The molecule has 1 saturated carbocycles. The Labute approximate surface area is 98.2 Å². The lowest BCUT2D eigenvalue weighted by Gasteiger charge is -2.32. The summed E-state index contributed by atoms with van der Waals surface area (Å²) in [5.74, 6) is 1.78. The summed E-state index contributed by atoms with van der Waals surface area (Å²) in [6, 6.07) is 2.70. The fourth-order valence-electron chi connectivity index (χ4n) is 2.55. The zero-order valence-electron chi connectivity index (χ0n) is 10.4. The van der Waals surface area contributed by atoms with Gasteiger partial charge in [0.1, 0.15) is 0 Å². The first-order valence-electron chi connectivity index (χ1n) is 6.46. The highest BCUT2D eigenvalue weighted by atomic mass is 15.3. The van der Waals surface area contributed by atoms with Gasteiger partial charge in [-0.3, -0.25) is 4.68 Å². The molecule has 0 aromatic carbocycles. The topological polar surface area (TPSA) is 29.9 Å². The molecule has 1 aliphatic rings. The van der Waals surface area contributed by atoms with Crippen molar-refractivity contribution in [2.45, 2.75) is 45.7 Å². The van der Waals surface area contributed by atoms with E-state index in [9.17, 15) is 0 Å². The maximum atomic E-state index is 4.20. The van der Waals surface area contributed by atoms with E-state index in [4.69, 9.17) is 0 Å². The van der Waals surface area contributed by atoms with Crippen LogP contribution in [0.1, 0.15) is 33.1 Å². The molecule has 3 atom stereocenters. The van der Waals surface area contributed by atoms with Crippen LogP contribution < -0.4 is 5.32 Å². The number of rotatable bonds is 4. The lowest BCUT2D eigenvalue weighted by Crippen LogP contribution is -2.37. The van der Waals surface area contributed by atoms with E-state index in [2.05, 4.69) is 24.3 Å².